The smallest absolute Gasteiger partial charge is 0.328 e. The summed E-state index contributed by atoms with van der Waals surface area (Å²) in [5.74, 6) is 1.03. The van der Waals surface area contributed by atoms with Crippen molar-refractivity contribution in [2.24, 2.45) is 7.05 Å². The first kappa shape index (κ1) is 26.9. The van der Waals surface area contributed by atoms with Crippen molar-refractivity contribution in [3.8, 4) is 6.07 Å². The number of nitriles is 1. The van der Waals surface area contributed by atoms with E-state index in [4.69, 9.17) is 4.98 Å². The van der Waals surface area contributed by atoms with E-state index in [1.165, 1.54) is 4.57 Å². The molecule has 2 fully saturated rings. The number of aryl methyl sites for hydroxylation is 2. The summed E-state index contributed by atoms with van der Waals surface area (Å²) in [6.45, 7) is 13.5. The molecule has 0 radical (unpaired) electrons. The highest BCUT2D eigenvalue weighted by Crippen LogP contribution is 2.28. The molecule has 200 valence electrons. The summed E-state index contributed by atoms with van der Waals surface area (Å²) < 4.78 is 1.50. The first-order valence-corrected chi connectivity index (χ1v) is 13.4. The fourth-order valence-electron chi connectivity index (χ4n) is 5.79. The van der Waals surface area contributed by atoms with Crippen LogP contribution in [0.4, 0.5) is 5.82 Å². The van der Waals surface area contributed by atoms with Gasteiger partial charge in [-0.3, -0.25) is 19.4 Å². The number of nitrogens with one attached hydrogen (secondary N) is 1. The predicted octanol–water partition coefficient (Wildman–Crippen LogP) is 3.02. The fraction of sp³-hybridized carbons (Fsp3) is 0.630. The number of allylic oxidation sites excluding steroid dienone is 3. The highest BCUT2D eigenvalue weighted by Gasteiger charge is 2.34. The molecule has 10 heteroatoms. The first-order chi connectivity index (χ1) is 17.7. The molecule has 1 unspecified atom stereocenters. The Morgan fingerprint density at radius 1 is 1.22 bits per heavy atom. The Morgan fingerprint density at radius 2 is 1.95 bits per heavy atom. The third kappa shape index (κ3) is 5.73. The second kappa shape index (κ2) is 11.5. The van der Waals surface area contributed by atoms with Crippen molar-refractivity contribution in [1.82, 2.24) is 29.3 Å². The Morgan fingerprint density at radius 3 is 2.57 bits per heavy atom. The number of nitrogens with zero attached hydrogens (tertiary/aromatic N) is 7. The minimum Gasteiger partial charge on any atom is -0.513 e. The monoisotopic (exact) mass is 508 g/mol. The van der Waals surface area contributed by atoms with Gasteiger partial charge in [-0.05, 0) is 64.3 Å². The number of anilines is 1. The van der Waals surface area contributed by atoms with Crippen LogP contribution in [0, 0.1) is 18.3 Å². The molecule has 37 heavy (non-hydrogen) atoms. The molecule has 0 bridgehead atoms. The largest absolute Gasteiger partial charge is 0.513 e. The number of aliphatic hydroxyl groups is 1. The van der Waals surface area contributed by atoms with E-state index in [1.807, 2.05) is 6.92 Å². The number of H-pyrrole nitrogens is 1. The van der Waals surface area contributed by atoms with Crippen LogP contribution in [0.15, 0.2) is 27.8 Å². The van der Waals surface area contributed by atoms with Crippen LogP contribution in [-0.4, -0.2) is 85.8 Å². The first-order valence-electron chi connectivity index (χ1n) is 13.4. The Bertz CT molecular complexity index is 1270. The lowest BCUT2D eigenvalue weighted by Gasteiger charge is -2.48. The molecule has 2 aliphatic heterocycles. The van der Waals surface area contributed by atoms with Crippen molar-refractivity contribution >= 4 is 17.1 Å². The lowest BCUT2D eigenvalue weighted by Crippen LogP contribution is -2.58. The number of aliphatic hydroxyl groups excluding tert-OH is 1. The van der Waals surface area contributed by atoms with Gasteiger partial charge in [0.1, 0.15) is 0 Å². The highest BCUT2D eigenvalue weighted by molar-refractivity contribution is 5.69. The van der Waals surface area contributed by atoms with Crippen LogP contribution in [-0.2, 0) is 7.05 Å². The van der Waals surface area contributed by atoms with Crippen LogP contribution in [0.25, 0.3) is 11.3 Å². The number of imidazole rings is 1. The Labute approximate surface area is 218 Å². The molecular weight excluding hydrogens is 468 g/mol. The maximum atomic E-state index is 12.0. The van der Waals surface area contributed by atoms with Gasteiger partial charge in [0.25, 0.3) is 0 Å². The lowest BCUT2D eigenvalue weighted by molar-refractivity contribution is 0.0655. The molecule has 0 spiro atoms. The van der Waals surface area contributed by atoms with E-state index in [1.54, 1.807) is 20.0 Å². The van der Waals surface area contributed by atoms with Crippen molar-refractivity contribution in [1.29, 1.82) is 5.26 Å². The second-order valence-electron chi connectivity index (χ2n) is 10.3. The number of aromatic nitrogens is 4. The third-order valence-corrected chi connectivity index (χ3v) is 7.90. The third-order valence-electron chi connectivity index (χ3n) is 7.90. The van der Waals surface area contributed by atoms with Crippen LogP contribution in [0.3, 0.4) is 0 Å². The van der Waals surface area contributed by atoms with Crippen LogP contribution in [0.5, 0.6) is 0 Å². The average Bonchev–Trinajstić information content (AvgIpc) is 3.17. The Kier molecular flexibility index (Phi) is 8.35. The van der Waals surface area contributed by atoms with Gasteiger partial charge in [-0.2, -0.15) is 5.26 Å². The molecular formula is C27H40N8O2. The van der Waals surface area contributed by atoms with E-state index in [-0.39, 0.29) is 11.4 Å². The molecule has 2 saturated heterocycles. The van der Waals surface area contributed by atoms with Gasteiger partial charge in [0.05, 0.1) is 23.1 Å². The number of rotatable bonds is 7. The van der Waals surface area contributed by atoms with Gasteiger partial charge in [-0.1, -0.05) is 13.8 Å². The van der Waals surface area contributed by atoms with E-state index >= 15 is 0 Å². The van der Waals surface area contributed by atoms with E-state index in [0.29, 0.717) is 29.0 Å². The van der Waals surface area contributed by atoms with Crippen LogP contribution in [0.1, 0.15) is 52.1 Å². The molecule has 0 aliphatic carbocycles. The van der Waals surface area contributed by atoms with Gasteiger partial charge in [-0.25, -0.2) is 14.8 Å². The van der Waals surface area contributed by atoms with Gasteiger partial charge in [0, 0.05) is 45.3 Å². The topological polar surface area (TPSA) is 117 Å². The van der Waals surface area contributed by atoms with E-state index < -0.39 is 0 Å². The zero-order chi connectivity index (χ0) is 26.7. The van der Waals surface area contributed by atoms with Crippen molar-refractivity contribution in [2.75, 3.05) is 44.2 Å². The molecule has 2 aliphatic rings. The molecule has 2 N–H and O–H groups in total. The van der Waals surface area contributed by atoms with Gasteiger partial charge < -0.3 is 10.0 Å². The van der Waals surface area contributed by atoms with Crippen molar-refractivity contribution in [3.05, 3.63) is 39.2 Å². The summed E-state index contributed by atoms with van der Waals surface area (Å²) in [6, 6.07) is 3.24. The van der Waals surface area contributed by atoms with E-state index in [9.17, 15) is 15.2 Å². The minimum absolute atomic E-state index is 0.170. The molecule has 1 atom stereocenters. The summed E-state index contributed by atoms with van der Waals surface area (Å²) in [6.07, 6.45) is 5.67. The molecule has 0 amide bonds. The Hall–Kier alpha value is -3.16. The maximum absolute atomic E-state index is 12.0. The van der Waals surface area contributed by atoms with E-state index in [0.717, 1.165) is 82.0 Å². The number of fused-ring (bicyclic) bond motifs is 1. The maximum Gasteiger partial charge on any atom is 0.328 e. The van der Waals surface area contributed by atoms with Crippen LogP contribution < -0.4 is 10.6 Å². The molecule has 0 aromatic carbocycles. The molecule has 0 saturated carbocycles. The fourth-order valence-corrected chi connectivity index (χ4v) is 5.79. The number of piperazine rings is 1. The van der Waals surface area contributed by atoms with Gasteiger partial charge in [0.2, 0.25) is 0 Å². The van der Waals surface area contributed by atoms with Crippen molar-refractivity contribution in [2.45, 2.75) is 65.5 Å². The van der Waals surface area contributed by atoms with Gasteiger partial charge in [-0.15, -0.1) is 0 Å². The number of hydrogen-bond acceptors (Lipinski definition) is 8. The normalized spacial score (nSPS) is 21.4. The number of aromatic amines is 1. The van der Waals surface area contributed by atoms with Crippen LogP contribution >= 0.6 is 0 Å². The van der Waals surface area contributed by atoms with Crippen LogP contribution in [0.2, 0.25) is 0 Å². The number of piperidine rings is 1. The quantitative estimate of drug-likeness (QED) is 0.333. The molecule has 2 aromatic heterocycles. The average molecular weight is 509 g/mol. The number of hydrogen-bond donors (Lipinski definition) is 2. The Balaban J connectivity index is 1.40. The van der Waals surface area contributed by atoms with Crippen molar-refractivity contribution < 1.29 is 5.11 Å². The minimum atomic E-state index is -0.195. The molecule has 10 nitrogen and oxygen atoms in total. The second-order valence-corrected chi connectivity index (χ2v) is 10.3. The predicted molar refractivity (Wildman–Crippen MR) is 146 cm³/mol. The summed E-state index contributed by atoms with van der Waals surface area (Å²) in [5, 5.41) is 19.2. The lowest BCUT2D eigenvalue weighted by atomic mass is 9.97. The zero-order valence-electron chi connectivity index (χ0n) is 22.8. The highest BCUT2D eigenvalue weighted by atomic mass is 16.3. The summed E-state index contributed by atoms with van der Waals surface area (Å²) >= 11 is 0. The summed E-state index contributed by atoms with van der Waals surface area (Å²) in [7, 11) is 1.71. The van der Waals surface area contributed by atoms with E-state index in [2.05, 4.69) is 44.6 Å². The summed E-state index contributed by atoms with van der Waals surface area (Å²) in [4.78, 5) is 31.7. The molecule has 2 aromatic rings. The molecule has 4 rings (SSSR count). The zero-order valence-corrected chi connectivity index (χ0v) is 22.8. The SMILES string of the molecule is CC/C(CN1CCC(N2CCN(c3nc4[nH]c(=O)n(C)c4nc3C)CC2CC)CC1)=C(C#N)\C=C(/C)O. The number of likely N-dealkylation sites (tertiary alicyclic amines) is 1. The molecule has 4 heterocycles. The van der Waals surface area contributed by atoms with Gasteiger partial charge >= 0.3 is 5.69 Å². The van der Waals surface area contributed by atoms with Gasteiger partial charge in [0.15, 0.2) is 17.1 Å². The van der Waals surface area contributed by atoms with Crippen molar-refractivity contribution in [3.63, 3.8) is 0 Å². The summed E-state index contributed by atoms with van der Waals surface area (Å²) in [5.41, 5.74) is 3.46. The standard InChI is InChI=1S/C27H40N8O2/c1-6-20(21(15-28)14-18(3)36)16-33-10-8-23(9-11-33)35-13-12-34(17-22(35)7-2)25-19(4)29-26-24(30-25)31-27(37)32(26)5/h14,22-23,36H,6-13,16-17H2,1-5H3,(H,30,31,37)/b18-14+,21-20-.